The van der Waals surface area contributed by atoms with Crippen molar-refractivity contribution in [3.63, 3.8) is 0 Å². The van der Waals surface area contributed by atoms with Crippen LogP contribution in [0.1, 0.15) is 52.0 Å². The number of piperazine rings is 1. The minimum atomic E-state index is -0.952. The summed E-state index contributed by atoms with van der Waals surface area (Å²) in [6, 6.07) is 8.45. The number of rotatable bonds is 6. The first-order valence-electron chi connectivity index (χ1n) is 14.8. The Morgan fingerprint density at radius 3 is 2.29 bits per heavy atom. The molecule has 4 aliphatic rings. The standard InChI is InChI=1S/C31H38N6O5/c1-19-15-24(32)27(42-2)17-26(19)36-9-7-20(8-10-36)18-34-11-13-35(14-12-34)21-3-4-22-23(16-21)31(41)37(30(22)40)25-5-6-28(38)33-29(25)39/h3-4,15-17,20,25H,5-14,18,32H2,1-2H3,(H,33,38,39). The number of benzene rings is 2. The minimum Gasteiger partial charge on any atom is -0.495 e. The number of piperidine rings is 2. The summed E-state index contributed by atoms with van der Waals surface area (Å²) in [6.45, 7) is 8.72. The molecule has 0 saturated carbocycles. The van der Waals surface area contributed by atoms with Gasteiger partial charge >= 0.3 is 0 Å². The van der Waals surface area contributed by atoms with E-state index in [2.05, 4.69) is 33.0 Å². The number of fused-ring (bicyclic) bond motifs is 1. The first-order chi connectivity index (χ1) is 20.2. The van der Waals surface area contributed by atoms with Crippen molar-refractivity contribution in [1.29, 1.82) is 0 Å². The van der Waals surface area contributed by atoms with Gasteiger partial charge in [-0.25, -0.2) is 0 Å². The molecule has 0 bridgehead atoms. The van der Waals surface area contributed by atoms with Crippen molar-refractivity contribution >= 4 is 40.7 Å². The highest BCUT2D eigenvalue weighted by Crippen LogP contribution is 2.34. The molecule has 6 rings (SSSR count). The van der Waals surface area contributed by atoms with Crippen molar-refractivity contribution in [2.45, 2.75) is 38.6 Å². The predicted molar refractivity (Wildman–Crippen MR) is 159 cm³/mol. The van der Waals surface area contributed by atoms with Gasteiger partial charge in [-0.05, 0) is 61.9 Å². The van der Waals surface area contributed by atoms with Gasteiger partial charge in [0, 0.05) is 69.7 Å². The minimum absolute atomic E-state index is 0.107. The van der Waals surface area contributed by atoms with E-state index < -0.39 is 23.8 Å². The van der Waals surface area contributed by atoms with E-state index in [0.717, 1.165) is 75.0 Å². The maximum atomic E-state index is 13.2. The maximum absolute atomic E-state index is 13.2. The zero-order valence-electron chi connectivity index (χ0n) is 24.2. The summed E-state index contributed by atoms with van der Waals surface area (Å²) in [6.07, 6.45) is 2.53. The number of imide groups is 2. The first kappa shape index (κ1) is 28.0. The maximum Gasteiger partial charge on any atom is 0.262 e. The second-order valence-electron chi connectivity index (χ2n) is 11.8. The highest BCUT2D eigenvalue weighted by molar-refractivity contribution is 6.23. The summed E-state index contributed by atoms with van der Waals surface area (Å²) in [7, 11) is 1.65. The molecule has 1 unspecified atom stereocenters. The van der Waals surface area contributed by atoms with Gasteiger partial charge in [0.2, 0.25) is 11.8 Å². The largest absolute Gasteiger partial charge is 0.495 e. The third-order valence-corrected chi connectivity index (χ3v) is 9.18. The lowest BCUT2D eigenvalue weighted by Gasteiger charge is -2.40. The zero-order valence-corrected chi connectivity index (χ0v) is 24.2. The van der Waals surface area contributed by atoms with E-state index in [1.54, 1.807) is 19.2 Å². The van der Waals surface area contributed by atoms with Gasteiger partial charge in [-0.3, -0.25) is 34.3 Å². The third-order valence-electron chi connectivity index (χ3n) is 9.18. The number of anilines is 3. The molecule has 0 radical (unpaired) electrons. The Bertz CT molecular complexity index is 1430. The van der Waals surface area contributed by atoms with Crippen LogP contribution in [0.25, 0.3) is 0 Å². The summed E-state index contributed by atoms with van der Waals surface area (Å²) < 4.78 is 5.44. The van der Waals surface area contributed by atoms with Crippen molar-refractivity contribution in [2.75, 3.05) is 68.5 Å². The van der Waals surface area contributed by atoms with E-state index in [-0.39, 0.29) is 18.7 Å². The number of aryl methyl sites for hydroxylation is 1. The van der Waals surface area contributed by atoms with Gasteiger partial charge in [-0.2, -0.15) is 0 Å². The fourth-order valence-corrected chi connectivity index (χ4v) is 6.78. The van der Waals surface area contributed by atoms with Gasteiger partial charge in [0.05, 0.1) is 23.9 Å². The lowest BCUT2D eigenvalue weighted by molar-refractivity contribution is -0.136. The van der Waals surface area contributed by atoms with Crippen molar-refractivity contribution in [3.05, 3.63) is 47.0 Å². The summed E-state index contributed by atoms with van der Waals surface area (Å²) in [5.41, 5.74) is 10.7. The summed E-state index contributed by atoms with van der Waals surface area (Å²) in [5.74, 6) is -0.550. The number of methoxy groups -OCH3 is 1. The van der Waals surface area contributed by atoms with Crippen LogP contribution in [0.5, 0.6) is 5.75 Å². The SMILES string of the molecule is COc1cc(N2CCC(CN3CCN(c4ccc5c(c4)C(=O)N(C4CCC(=O)NC4=O)C5=O)CC3)CC2)c(C)cc1N. The molecule has 222 valence electrons. The quantitative estimate of drug-likeness (QED) is 0.393. The molecule has 2 aromatic rings. The number of hydrogen-bond acceptors (Lipinski definition) is 9. The lowest BCUT2D eigenvalue weighted by Crippen LogP contribution is -2.54. The number of nitrogen functional groups attached to an aromatic ring is 1. The average molecular weight is 575 g/mol. The van der Waals surface area contributed by atoms with Crippen LogP contribution in [-0.2, 0) is 9.59 Å². The van der Waals surface area contributed by atoms with Gasteiger partial charge in [-0.1, -0.05) is 0 Å². The number of nitrogens with one attached hydrogen (secondary N) is 1. The monoisotopic (exact) mass is 574 g/mol. The smallest absolute Gasteiger partial charge is 0.262 e. The molecule has 42 heavy (non-hydrogen) atoms. The second-order valence-corrected chi connectivity index (χ2v) is 11.8. The molecule has 3 saturated heterocycles. The summed E-state index contributed by atoms with van der Waals surface area (Å²) in [4.78, 5) is 58.4. The third kappa shape index (κ3) is 5.17. The van der Waals surface area contributed by atoms with Crippen LogP contribution >= 0.6 is 0 Å². The molecule has 11 nitrogen and oxygen atoms in total. The van der Waals surface area contributed by atoms with Gasteiger partial charge < -0.3 is 20.3 Å². The summed E-state index contributed by atoms with van der Waals surface area (Å²) in [5, 5.41) is 2.24. The molecule has 3 fully saturated rings. The Morgan fingerprint density at radius 2 is 1.60 bits per heavy atom. The molecule has 2 aromatic carbocycles. The second kappa shape index (κ2) is 11.3. The Kier molecular flexibility index (Phi) is 7.53. The van der Waals surface area contributed by atoms with Crippen LogP contribution in [0.2, 0.25) is 0 Å². The van der Waals surface area contributed by atoms with Gasteiger partial charge in [0.25, 0.3) is 11.8 Å². The molecule has 11 heteroatoms. The Balaban J connectivity index is 1.02. The molecule has 0 aromatic heterocycles. The first-order valence-corrected chi connectivity index (χ1v) is 14.8. The fraction of sp³-hybridized carbons (Fsp3) is 0.484. The molecule has 0 spiro atoms. The molecule has 0 aliphatic carbocycles. The number of nitrogens with two attached hydrogens (primary N) is 1. The predicted octanol–water partition coefficient (Wildman–Crippen LogP) is 2.03. The Hall–Kier alpha value is -4.12. The van der Waals surface area contributed by atoms with Gasteiger partial charge in [0.15, 0.2) is 0 Å². The number of carbonyl (C=O) groups excluding carboxylic acids is 4. The normalized spacial score (nSPS) is 22.0. The number of carbonyl (C=O) groups is 4. The molecule has 1 atom stereocenters. The van der Waals surface area contributed by atoms with Gasteiger partial charge in [0.1, 0.15) is 11.8 Å². The number of hydrogen-bond donors (Lipinski definition) is 2. The van der Waals surface area contributed by atoms with E-state index in [9.17, 15) is 19.2 Å². The van der Waals surface area contributed by atoms with E-state index in [1.807, 2.05) is 12.1 Å². The van der Waals surface area contributed by atoms with Crippen molar-refractivity contribution in [1.82, 2.24) is 15.1 Å². The summed E-state index contributed by atoms with van der Waals surface area (Å²) >= 11 is 0. The van der Waals surface area contributed by atoms with Crippen LogP contribution in [0.4, 0.5) is 17.1 Å². The van der Waals surface area contributed by atoms with Crippen LogP contribution in [0.3, 0.4) is 0 Å². The molecule has 4 amide bonds. The van der Waals surface area contributed by atoms with Crippen molar-refractivity contribution in [2.24, 2.45) is 5.92 Å². The number of nitrogens with zero attached hydrogens (tertiary/aromatic N) is 4. The Morgan fingerprint density at radius 1 is 0.881 bits per heavy atom. The fourth-order valence-electron chi connectivity index (χ4n) is 6.78. The highest BCUT2D eigenvalue weighted by atomic mass is 16.5. The molecule has 4 heterocycles. The molecule has 3 N–H and O–H groups in total. The highest BCUT2D eigenvalue weighted by Gasteiger charge is 2.44. The van der Waals surface area contributed by atoms with E-state index in [1.165, 1.54) is 11.3 Å². The molecule has 4 aliphatic heterocycles. The van der Waals surface area contributed by atoms with E-state index in [4.69, 9.17) is 10.5 Å². The topological polar surface area (TPSA) is 129 Å². The van der Waals surface area contributed by atoms with Crippen LogP contribution in [-0.4, -0.2) is 92.4 Å². The molecular weight excluding hydrogens is 536 g/mol. The van der Waals surface area contributed by atoms with Crippen LogP contribution in [0, 0.1) is 12.8 Å². The molecular formula is C31H38N6O5. The van der Waals surface area contributed by atoms with Crippen molar-refractivity contribution in [3.8, 4) is 5.75 Å². The lowest BCUT2D eigenvalue weighted by atomic mass is 9.95. The van der Waals surface area contributed by atoms with E-state index >= 15 is 0 Å². The van der Waals surface area contributed by atoms with E-state index in [0.29, 0.717) is 22.7 Å². The zero-order chi connectivity index (χ0) is 29.5. The van der Waals surface area contributed by atoms with Gasteiger partial charge in [-0.15, -0.1) is 0 Å². The number of amides is 4. The Labute approximate surface area is 245 Å². The van der Waals surface area contributed by atoms with Crippen LogP contribution in [0.15, 0.2) is 30.3 Å². The number of ether oxygens (including phenoxy) is 1. The average Bonchev–Trinajstić information content (AvgIpc) is 3.23. The van der Waals surface area contributed by atoms with Crippen molar-refractivity contribution < 1.29 is 23.9 Å². The van der Waals surface area contributed by atoms with Crippen LogP contribution < -0.4 is 25.6 Å².